The molecular weight excluding hydrogens is 272 g/mol. The number of nitrogens with zero attached hydrogens (tertiary/aromatic N) is 1. The summed E-state index contributed by atoms with van der Waals surface area (Å²) < 4.78 is 24.8. The normalized spacial score (nSPS) is 21.7. The van der Waals surface area contributed by atoms with Gasteiger partial charge in [0.1, 0.15) is 0 Å². The SMILES string of the molecule is O=P1(N(CCCl)CCCl)OCCCCCO1. The zero-order chi connectivity index (χ0) is 11.9. The van der Waals surface area contributed by atoms with E-state index in [2.05, 4.69) is 0 Å². The molecule has 1 rings (SSSR count). The number of alkyl halides is 2. The highest BCUT2D eigenvalue weighted by atomic mass is 35.5. The quantitative estimate of drug-likeness (QED) is 0.576. The Hall–Kier alpha value is 0.690. The molecule has 1 fully saturated rings. The van der Waals surface area contributed by atoms with Crippen LogP contribution in [0.15, 0.2) is 0 Å². The maximum Gasteiger partial charge on any atom is 0.408 e. The number of rotatable bonds is 5. The summed E-state index contributed by atoms with van der Waals surface area (Å²) >= 11 is 11.3. The lowest BCUT2D eigenvalue weighted by atomic mass is 10.2. The average Bonchev–Trinajstić information content (AvgIpc) is 2.24. The number of halogens is 2. The molecule has 0 aromatic heterocycles. The fourth-order valence-electron chi connectivity index (χ4n) is 1.49. The summed E-state index contributed by atoms with van der Waals surface area (Å²) in [6, 6.07) is 0. The Morgan fingerprint density at radius 2 is 1.50 bits per heavy atom. The van der Waals surface area contributed by atoms with Crippen molar-refractivity contribution in [3.63, 3.8) is 0 Å². The van der Waals surface area contributed by atoms with Gasteiger partial charge in [0.15, 0.2) is 0 Å². The van der Waals surface area contributed by atoms with Crippen molar-refractivity contribution in [1.29, 1.82) is 0 Å². The van der Waals surface area contributed by atoms with Crippen LogP contribution < -0.4 is 0 Å². The molecule has 0 atom stereocenters. The van der Waals surface area contributed by atoms with E-state index in [1.54, 1.807) is 4.67 Å². The molecule has 96 valence electrons. The van der Waals surface area contributed by atoms with Crippen LogP contribution in [0.5, 0.6) is 0 Å². The fraction of sp³-hybridized carbons (Fsp3) is 1.00. The number of hydrogen-bond donors (Lipinski definition) is 0. The molecule has 0 aromatic carbocycles. The summed E-state index contributed by atoms with van der Waals surface area (Å²) in [5.41, 5.74) is 0. The van der Waals surface area contributed by atoms with Gasteiger partial charge in [-0.05, 0) is 19.3 Å². The lowest BCUT2D eigenvalue weighted by Crippen LogP contribution is -2.28. The largest absolute Gasteiger partial charge is 0.408 e. The van der Waals surface area contributed by atoms with Gasteiger partial charge in [0, 0.05) is 24.8 Å². The van der Waals surface area contributed by atoms with Gasteiger partial charge in [0.05, 0.1) is 13.2 Å². The summed E-state index contributed by atoms with van der Waals surface area (Å²) in [6.07, 6.45) is 2.89. The summed E-state index contributed by atoms with van der Waals surface area (Å²) in [4.78, 5) is 0. The summed E-state index contributed by atoms with van der Waals surface area (Å²) in [6.45, 7) is 1.87. The molecule has 4 nitrogen and oxygen atoms in total. The van der Waals surface area contributed by atoms with E-state index in [-0.39, 0.29) is 0 Å². The van der Waals surface area contributed by atoms with Crippen LogP contribution in [0.4, 0.5) is 0 Å². The van der Waals surface area contributed by atoms with Crippen molar-refractivity contribution in [2.24, 2.45) is 0 Å². The monoisotopic (exact) mass is 289 g/mol. The van der Waals surface area contributed by atoms with Gasteiger partial charge in [0.2, 0.25) is 0 Å². The van der Waals surface area contributed by atoms with E-state index in [1.165, 1.54) is 0 Å². The highest BCUT2D eigenvalue weighted by Gasteiger charge is 2.33. The second-order valence-corrected chi connectivity index (χ2v) is 6.30. The van der Waals surface area contributed by atoms with Crippen LogP contribution in [0.2, 0.25) is 0 Å². The maximum absolute atomic E-state index is 12.5. The van der Waals surface area contributed by atoms with Gasteiger partial charge >= 0.3 is 7.75 Å². The Labute approximate surface area is 107 Å². The van der Waals surface area contributed by atoms with Crippen molar-refractivity contribution in [3.8, 4) is 0 Å². The lowest BCUT2D eigenvalue weighted by Gasteiger charge is -2.30. The van der Waals surface area contributed by atoms with E-state index in [0.717, 1.165) is 19.3 Å². The van der Waals surface area contributed by atoms with Crippen molar-refractivity contribution in [2.75, 3.05) is 38.1 Å². The molecule has 0 aromatic rings. The van der Waals surface area contributed by atoms with Crippen LogP contribution in [0.25, 0.3) is 0 Å². The van der Waals surface area contributed by atoms with Crippen LogP contribution in [-0.2, 0) is 13.6 Å². The minimum Gasteiger partial charge on any atom is -0.297 e. The highest BCUT2D eigenvalue weighted by molar-refractivity contribution is 7.51. The summed E-state index contributed by atoms with van der Waals surface area (Å²) in [7, 11) is -3.16. The Morgan fingerprint density at radius 1 is 1.00 bits per heavy atom. The van der Waals surface area contributed by atoms with Crippen molar-refractivity contribution in [1.82, 2.24) is 4.67 Å². The van der Waals surface area contributed by atoms with Gasteiger partial charge in [-0.1, -0.05) is 0 Å². The fourth-order valence-corrected chi connectivity index (χ4v) is 3.95. The molecule has 0 saturated carbocycles. The first-order chi connectivity index (χ1) is 7.73. The van der Waals surface area contributed by atoms with E-state index < -0.39 is 7.75 Å². The highest BCUT2D eigenvalue weighted by Crippen LogP contribution is 2.52. The van der Waals surface area contributed by atoms with Gasteiger partial charge in [0.25, 0.3) is 0 Å². The zero-order valence-electron chi connectivity index (χ0n) is 9.24. The van der Waals surface area contributed by atoms with E-state index in [4.69, 9.17) is 32.2 Å². The van der Waals surface area contributed by atoms with Crippen molar-refractivity contribution in [3.05, 3.63) is 0 Å². The van der Waals surface area contributed by atoms with Crippen LogP contribution >= 0.6 is 30.9 Å². The molecule has 0 amide bonds. The molecular formula is C9H18Cl2NO3P. The first-order valence-electron chi connectivity index (χ1n) is 5.49. The molecule has 1 aliphatic rings. The molecule has 1 aliphatic heterocycles. The molecule has 0 bridgehead atoms. The van der Waals surface area contributed by atoms with Crippen LogP contribution in [0.3, 0.4) is 0 Å². The second-order valence-electron chi connectivity index (χ2n) is 3.53. The minimum absolute atomic E-state index is 0.383. The maximum atomic E-state index is 12.5. The van der Waals surface area contributed by atoms with Gasteiger partial charge < -0.3 is 0 Å². The molecule has 0 spiro atoms. The van der Waals surface area contributed by atoms with Gasteiger partial charge in [-0.3, -0.25) is 9.05 Å². The van der Waals surface area contributed by atoms with Gasteiger partial charge in [-0.15, -0.1) is 23.2 Å². The lowest BCUT2D eigenvalue weighted by molar-refractivity contribution is 0.141. The average molecular weight is 290 g/mol. The Morgan fingerprint density at radius 3 is 1.94 bits per heavy atom. The number of hydrogen-bond acceptors (Lipinski definition) is 3. The molecule has 0 unspecified atom stereocenters. The molecule has 16 heavy (non-hydrogen) atoms. The smallest absolute Gasteiger partial charge is 0.297 e. The topological polar surface area (TPSA) is 38.8 Å². The van der Waals surface area contributed by atoms with E-state index >= 15 is 0 Å². The van der Waals surface area contributed by atoms with Crippen molar-refractivity contribution >= 4 is 30.9 Å². The molecule has 0 aliphatic carbocycles. The predicted molar refractivity (Wildman–Crippen MR) is 66.4 cm³/mol. The van der Waals surface area contributed by atoms with Crippen LogP contribution in [0.1, 0.15) is 19.3 Å². The zero-order valence-corrected chi connectivity index (χ0v) is 11.6. The molecule has 1 heterocycles. The Balaban J connectivity index is 2.63. The second kappa shape index (κ2) is 7.91. The summed E-state index contributed by atoms with van der Waals surface area (Å²) in [5.74, 6) is 0.765. The van der Waals surface area contributed by atoms with E-state index in [1.807, 2.05) is 0 Å². The van der Waals surface area contributed by atoms with Gasteiger partial charge in [-0.2, -0.15) is 0 Å². The third-order valence-electron chi connectivity index (χ3n) is 2.33. The standard InChI is InChI=1S/C9H18Cl2NO3P/c10-4-6-12(7-5-11)16(13)14-8-2-1-3-9-15-16/h1-9H2. The molecule has 1 saturated heterocycles. The molecule has 0 N–H and O–H groups in total. The Kier molecular flexibility index (Phi) is 7.29. The van der Waals surface area contributed by atoms with E-state index in [9.17, 15) is 4.57 Å². The third-order valence-corrected chi connectivity index (χ3v) is 4.78. The van der Waals surface area contributed by atoms with E-state index in [0.29, 0.717) is 38.1 Å². The first-order valence-corrected chi connectivity index (χ1v) is 8.06. The van der Waals surface area contributed by atoms with Crippen LogP contribution in [0, 0.1) is 0 Å². The van der Waals surface area contributed by atoms with Gasteiger partial charge in [-0.25, -0.2) is 9.24 Å². The third kappa shape index (κ3) is 4.52. The molecule has 0 radical (unpaired) electrons. The van der Waals surface area contributed by atoms with Crippen molar-refractivity contribution in [2.45, 2.75) is 19.3 Å². The van der Waals surface area contributed by atoms with Crippen molar-refractivity contribution < 1.29 is 13.6 Å². The summed E-state index contributed by atoms with van der Waals surface area (Å²) in [5, 5.41) is 0. The first kappa shape index (κ1) is 14.7. The Bertz CT molecular complexity index is 225. The molecule has 7 heteroatoms. The van der Waals surface area contributed by atoms with Crippen LogP contribution in [-0.4, -0.2) is 42.7 Å². The predicted octanol–water partition coefficient (Wildman–Crippen LogP) is 3.09. The minimum atomic E-state index is -3.16.